The van der Waals surface area contributed by atoms with Gasteiger partial charge in [0.05, 0.1) is 0 Å². The van der Waals surface area contributed by atoms with Crippen molar-refractivity contribution in [2.24, 2.45) is 0 Å². The number of benzene rings is 1. The van der Waals surface area contributed by atoms with Crippen LogP contribution in [0.4, 0.5) is 5.69 Å². The summed E-state index contributed by atoms with van der Waals surface area (Å²) >= 11 is 1.90. The molecule has 1 amide bonds. The number of rotatable bonds is 8. The fraction of sp³-hybridized carbons (Fsp3) is 0.588. The molecule has 0 saturated carbocycles. The average Bonchev–Trinajstić information content (AvgIpc) is 2.53. The molecule has 1 aromatic rings. The highest BCUT2D eigenvalue weighted by molar-refractivity contribution is 7.98. The van der Waals surface area contributed by atoms with Gasteiger partial charge in [0.1, 0.15) is 0 Å². The lowest BCUT2D eigenvalue weighted by Gasteiger charge is -2.20. The SMILES string of the molecule is CSCCCCCCNC(=O)c1cccc2c1CCCN2. The predicted molar refractivity (Wildman–Crippen MR) is 92.4 cm³/mol. The molecule has 3 nitrogen and oxygen atoms in total. The highest BCUT2D eigenvalue weighted by Gasteiger charge is 2.16. The number of fused-ring (bicyclic) bond motifs is 1. The summed E-state index contributed by atoms with van der Waals surface area (Å²) in [5.74, 6) is 1.33. The van der Waals surface area contributed by atoms with Crippen LogP contribution in [-0.4, -0.2) is 31.0 Å². The number of carbonyl (C=O) groups excluding carboxylic acids is 1. The van der Waals surface area contributed by atoms with E-state index in [4.69, 9.17) is 0 Å². The molecule has 0 atom stereocenters. The van der Waals surface area contributed by atoms with Crippen LogP contribution in [0.5, 0.6) is 0 Å². The summed E-state index contributed by atoms with van der Waals surface area (Å²) in [5, 5.41) is 6.44. The average molecular weight is 306 g/mol. The van der Waals surface area contributed by atoms with E-state index >= 15 is 0 Å². The molecule has 0 aliphatic carbocycles. The summed E-state index contributed by atoms with van der Waals surface area (Å²) in [6.07, 6.45) is 9.08. The Morgan fingerprint density at radius 2 is 2.14 bits per heavy atom. The first kappa shape index (κ1) is 16.2. The molecule has 0 fully saturated rings. The highest BCUT2D eigenvalue weighted by Crippen LogP contribution is 2.25. The minimum atomic E-state index is 0.0830. The van der Waals surface area contributed by atoms with E-state index in [1.807, 2.05) is 23.9 Å². The second kappa shape index (κ2) is 8.98. The summed E-state index contributed by atoms with van der Waals surface area (Å²) in [5.41, 5.74) is 3.16. The molecule has 21 heavy (non-hydrogen) atoms. The monoisotopic (exact) mass is 306 g/mol. The van der Waals surface area contributed by atoms with Crippen molar-refractivity contribution in [1.29, 1.82) is 0 Å². The molecular weight excluding hydrogens is 280 g/mol. The van der Waals surface area contributed by atoms with Gasteiger partial charge in [0.2, 0.25) is 0 Å². The first-order chi connectivity index (χ1) is 10.3. The molecule has 116 valence electrons. The number of thioether (sulfide) groups is 1. The first-order valence-electron chi connectivity index (χ1n) is 7.96. The van der Waals surface area contributed by atoms with Gasteiger partial charge in [-0.3, -0.25) is 4.79 Å². The van der Waals surface area contributed by atoms with Gasteiger partial charge in [-0.15, -0.1) is 0 Å². The molecule has 1 aliphatic heterocycles. The van der Waals surface area contributed by atoms with Crippen molar-refractivity contribution in [1.82, 2.24) is 5.32 Å². The number of hydrogen-bond acceptors (Lipinski definition) is 3. The second-order valence-electron chi connectivity index (χ2n) is 5.52. The maximum atomic E-state index is 12.3. The van der Waals surface area contributed by atoms with Crippen molar-refractivity contribution in [2.75, 3.05) is 30.4 Å². The molecule has 1 aromatic carbocycles. The molecule has 0 aromatic heterocycles. The first-order valence-corrected chi connectivity index (χ1v) is 9.35. The maximum absolute atomic E-state index is 12.3. The Kier molecular flexibility index (Phi) is 6.93. The van der Waals surface area contributed by atoms with Crippen LogP contribution in [0.3, 0.4) is 0 Å². The van der Waals surface area contributed by atoms with Gasteiger partial charge in [0.15, 0.2) is 0 Å². The van der Waals surface area contributed by atoms with E-state index in [1.165, 1.54) is 30.6 Å². The van der Waals surface area contributed by atoms with Crippen LogP contribution in [0, 0.1) is 0 Å². The summed E-state index contributed by atoms with van der Waals surface area (Å²) in [4.78, 5) is 12.3. The molecule has 0 radical (unpaired) electrons. The van der Waals surface area contributed by atoms with Crippen molar-refractivity contribution in [3.8, 4) is 0 Å². The summed E-state index contributed by atoms with van der Waals surface area (Å²) in [6.45, 7) is 1.79. The fourth-order valence-corrected chi connectivity index (χ4v) is 3.24. The Bertz CT molecular complexity index is 462. The molecule has 2 N–H and O–H groups in total. The summed E-state index contributed by atoms with van der Waals surface area (Å²) < 4.78 is 0. The Balaban J connectivity index is 1.76. The van der Waals surface area contributed by atoms with Crippen LogP contribution in [0.1, 0.15) is 48.0 Å². The topological polar surface area (TPSA) is 41.1 Å². The Morgan fingerprint density at radius 3 is 3.00 bits per heavy atom. The van der Waals surface area contributed by atoms with Crippen molar-refractivity contribution >= 4 is 23.4 Å². The standard InChI is InChI=1S/C17H26N2OS/c1-21-13-5-3-2-4-11-19-17(20)15-8-6-10-16-14(15)9-7-12-18-16/h6,8,10,18H,2-5,7,9,11-13H2,1H3,(H,19,20). The third-order valence-corrected chi connectivity index (χ3v) is 4.60. The van der Waals surface area contributed by atoms with Crippen LogP contribution in [0.2, 0.25) is 0 Å². The van der Waals surface area contributed by atoms with Crippen molar-refractivity contribution in [3.05, 3.63) is 29.3 Å². The smallest absolute Gasteiger partial charge is 0.251 e. The van der Waals surface area contributed by atoms with Crippen LogP contribution < -0.4 is 10.6 Å². The number of hydrogen-bond donors (Lipinski definition) is 2. The number of unbranched alkanes of at least 4 members (excludes halogenated alkanes) is 3. The number of nitrogens with one attached hydrogen (secondary N) is 2. The number of amides is 1. The van der Waals surface area contributed by atoms with Gasteiger partial charge in [0, 0.05) is 24.3 Å². The zero-order valence-electron chi connectivity index (χ0n) is 12.9. The van der Waals surface area contributed by atoms with Gasteiger partial charge in [-0.1, -0.05) is 18.9 Å². The van der Waals surface area contributed by atoms with Gasteiger partial charge in [-0.25, -0.2) is 0 Å². The van der Waals surface area contributed by atoms with Crippen LogP contribution in [0.25, 0.3) is 0 Å². The van der Waals surface area contributed by atoms with E-state index in [1.54, 1.807) is 0 Å². The molecule has 0 unspecified atom stereocenters. The molecular formula is C17H26N2OS. The maximum Gasteiger partial charge on any atom is 0.251 e. The lowest BCUT2D eigenvalue weighted by Crippen LogP contribution is -2.27. The largest absolute Gasteiger partial charge is 0.385 e. The van der Waals surface area contributed by atoms with Gasteiger partial charge < -0.3 is 10.6 Å². The normalized spacial score (nSPS) is 13.4. The quantitative estimate of drug-likeness (QED) is 0.720. The summed E-state index contributed by atoms with van der Waals surface area (Å²) in [6, 6.07) is 5.98. The zero-order valence-corrected chi connectivity index (χ0v) is 13.7. The molecule has 2 rings (SSSR count). The Hall–Kier alpha value is -1.16. The minimum absolute atomic E-state index is 0.0830. The van der Waals surface area contributed by atoms with E-state index in [0.29, 0.717) is 0 Å². The van der Waals surface area contributed by atoms with E-state index < -0.39 is 0 Å². The zero-order chi connectivity index (χ0) is 14.9. The molecule has 4 heteroatoms. The Labute approximate surface area is 132 Å². The Morgan fingerprint density at radius 1 is 1.29 bits per heavy atom. The van der Waals surface area contributed by atoms with Crippen molar-refractivity contribution in [3.63, 3.8) is 0 Å². The third-order valence-electron chi connectivity index (χ3n) is 3.90. The lowest BCUT2D eigenvalue weighted by atomic mass is 9.97. The van der Waals surface area contributed by atoms with Crippen molar-refractivity contribution < 1.29 is 4.79 Å². The van der Waals surface area contributed by atoms with Gasteiger partial charge in [-0.2, -0.15) is 11.8 Å². The molecule has 0 bridgehead atoms. The predicted octanol–water partition coefficient (Wildman–Crippen LogP) is 3.70. The third kappa shape index (κ3) is 4.95. The second-order valence-corrected chi connectivity index (χ2v) is 6.51. The minimum Gasteiger partial charge on any atom is -0.385 e. The molecule has 0 saturated heterocycles. The van der Waals surface area contributed by atoms with E-state index in [-0.39, 0.29) is 5.91 Å². The molecule has 0 spiro atoms. The van der Waals surface area contributed by atoms with E-state index in [0.717, 1.165) is 43.6 Å². The van der Waals surface area contributed by atoms with Crippen LogP contribution >= 0.6 is 11.8 Å². The number of carbonyl (C=O) groups is 1. The van der Waals surface area contributed by atoms with Crippen molar-refractivity contribution in [2.45, 2.75) is 38.5 Å². The lowest BCUT2D eigenvalue weighted by molar-refractivity contribution is 0.0952. The van der Waals surface area contributed by atoms with Crippen LogP contribution in [-0.2, 0) is 6.42 Å². The van der Waals surface area contributed by atoms with Gasteiger partial charge in [-0.05, 0) is 55.4 Å². The fourth-order valence-electron chi connectivity index (χ4n) is 2.74. The molecule has 1 aliphatic rings. The molecule has 1 heterocycles. The van der Waals surface area contributed by atoms with Gasteiger partial charge in [0.25, 0.3) is 5.91 Å². The van der Waals surface area contributed by atoms with Crippen LogP contribution in [0.15, 0.2) is 18.2 Å². The highest BCUT2D eigenvalue weighted by atomic mass is 32.2. The van der Waals surface area contributed by atoms with Gasteiger partial charge >= 0.3 is 0 Å². The van der Waals surface area contributed by atoms with E-state index in [2.05, 4.69) is 23.0 Å². The summed E-state index contributed by atoms with van der Waals surface area (Å²) in [7, 11) is 0. The number of anilines is 1. The van der Waals surface area contributed by atoms with E-state index in [9.17, 15) is 4.79 Å².